The molecular formula is C14H21NO4. The van der Waals surface area contributed by atoms with Gasteiger partial charge in [-0.3, -0.25) is 4.79 Å². The van der Waals surface area contributed by atoms with Crippen LogP contribution in [-0.2, 0) is 0 Å². The van der Waals surface area contributed by atoms with E-state index in [0.717, 1.165) is 0 Å². The Balaban J connectivity index is 2.94. The number of benzene rings is 1. The van der Waals surface area contributed by atoms with Crippen molar-refractivity contribution in [3.63, 3.8) is 0 Å². The third-order valence-electron chi connectivity index (χ3n) is 3.15. The molecule has 2 unspecified atom stereocenters. The monoisotopic (exact) mass is 267 g/mol. The standard InChI is InChI=1S/C14H21NO4/c1-9(8-16)10(2)15-14(17)11-6-5-7-12(18-3)13(11)19-4/h5-7,9-10,16H,8H2,1-4H3,(H,15,17). The summed E-state index contributed by atoms with van der Waals surface area (Å²) in [5.41, 5.74) is 0.416. The first-order valence-electron chi connectivity index (χ1n) is 6.17. The van der Waals surface area contributed by atoms with E-state index in [4.69, 9.17) is 14.6 Å². The van der Waals surface area contributed by atoms with Crippen LogP contribution >= 0.6 is 0 Å². The van der Waals surface area contributed by atoms with Crippen LogP contribution in [-0.4, -0.2) is 37.9 Å². The van der Waals surface area contributed by atoms with E-state index in [1.807, 2.05) is 13.8 Å². The van der Waals surface area contributed by atoms with E-state index >= 15 is 0 Å². The summed E-state index contributed by atoms with van der Waals surface area (Å²) < 4.78 is 10.4. The van der Waals surface area contributed by atoms with Crippen molar-refractivity contribution < 1.29 is 19.4 Å². The van der Waals surface area contributed by atoms with Crippen LogP contribution in [0.5, 0.6) is 11.5 Å². The number of hydrogen-bond donors (Lipinski definition) is 2. The molecule has 0 spiro atoms. The van der Waals surface area contributed by atoms with Crippen molar-refractivity contribution in [1.82, 2.24) is 5.32 Å². The highest BCUT2D eigenvalue weighted by Crippen LogP contribution is 2.30. The molecule has 1 aromatic rings. The first-order valence-corrected chi connectivity index (χ1v) is 6.17. The second kappa shape index (κ2) is 6.99. The van der Waals surface area contributed by atoms with Crippen molar-refractivity contribution in [2.45, 2.75) is 19.9 Å². The van der Waals surface area contributed by atoms with Gasteiger partial charge in [0.05, 0.1) is 19.8 Å². The maximum Gasteiger partial charge on any atom is 0.255 e. The third kappa shape index (κ3) is 3.61. The van der Waals surface area contributed by atoms with Gasteiger partial charge in [-0.15, -0.1) is 0 Å². The van der Waals surface area contributed by atoms with Gasteiger partial charge in [-0.25, -0.2) is 0 Å². The Bertz CT molecular complexity index is 433. The van der Waals surface area contributed by atoms with Crippen LogP contribution in [0.25, 0.3) is 0 Å². The summed E-state index contributed by atoms with van der Waals surface area (Å²) in [6, 6.07) is 5.01. The van der Waals surface area contributed by atoms with Gasteiger partial charge in [0.1, 0.15) is 0 Å². The number of para-hydroxylation sites is 1. The fraction of sp³-hybridized carbons (Fsp3) is 0.500. The molecule has 0 aliphatic heterocycles. The smallest absolute Gasteiger partial charge is 0.255 e. The number of methoxy groups -OCH3 is 2. The summed E-state index contributed by atoms with van der Waals surface area (Å²) in [5, 5.41) is 11.9. The zero-order valence-electron chi connectivity index (χ0n) is 11.8. The first kappa shape index (κ1) is 15.3. The van der Waals surface area contributed by atoms with E-state index in [0.29, 0.717) is 17.1 Å². The molecule has 1 aromatic carbocycles. The number of nitrogens with one attached hydrogen (secondary N) is 1. The summed E-state index contributed by atoms with van der Waals surface area (Å²) in [6.07, 6.45) is 0. The van der Waals surface area contributed by atoms with Crippen molar-refractivity contribution in [3.8, 4) is 11.5 Å². The number of aliphatic hydroxyl groups excluding tert-OH is 1. The van der Waals surface area contributed by atoms with Crippen LogP contribution in [0.2, 0.25) is 0 Å². The van der Waals surface area contributed by atoms with Gasteiger partial charge in [0.2, 0.25) is 0 Å². The first-order chi connectivity index (χ1) is 9.04. The molecule has 0 fully saturated rings. The average molecular weight is 267 g/mol. The molecule has 0 saturated carbocycles. The highest BCUT2D eigenvalue weighted by atomic mass is 16.5. The van der Waals surface area contributed by atoms with Crippen LogP contribution in [0.15, 0.2) is 18.2 Å². The predicted molar refractivity (Wildman–Crippen MR) is 72.7 cm³/mol. The van der Waals surface area contributed by atoms with Gasteiger partial charge in [0.15, 0.2) is 11.5 Å². The van der Waals surface area contributed by atoms with Crippen molar-refractivity contribution in [3.05, 3.63) is 23.8 Å². The lowest BCUT2D eigenvalue weighted by atomic mass is 10.0. The molecule has 0 saturated heterocycles. The molecule has 0 bridgehead atoms. The lowest BCUT2D eigenvalue weighted by Gasteiger charge is -2.20. The number of carbonyl (C=O) groups excluding carboxylic acids is 1. The second-order valence-electron chi connectivity index (χ2n) is 4.46. The number of aliphatic hydroxyl groups is 1. The van der Waals surface area contributed by atoms with E-state index in [2.05, 4.69) is 5.32 Å². The van der Waals surface area contributed by atoms with Crippen LogP contribution in [0.4, 0.5) is 0 Å². The zero-order valence-corrected chi connectivity index (χ0v) is 11.8. The molecule has 0 aliphatic rings. The Labute approximate surface area is 113 Å². The highest BCUT2D eigenvalue weighted by molar-refractivity contribution is 5.98. The number of hydrogen-bond acceptors (Lipinski definition) is 4. The van der Waals surface area contributed by atoms with Crippen LogP contribution < -0.4 is 14.8 Å². The van der Waals surface area contributed by atoms with E-state index in [-0.39, 0.29) is 24.5 Å². The summed E-state index contributed by atoms with van der Waals surface area (Å²) in [7, 11) is 3.02. The largest absolute Gasteiger partial charge is 0.493 e. The second-order valence-corrected chi connectivity index (χ2v) is 4.46. The van der Waals surface area contributed by atoms with Crippen molar-refractivity contribution >= 4 is 5.91 Å². The SMILES string of the molecule is COc1cccc(C(=O)NC(C)C(C)CO)c1OC. The molecular weight excluding hydrogens is 246 g/mol. The van der Waals surface area contributed by atoms with Gasteiger partial charge in [0, 0.05) is 12.6 Å². The van der Waals surface area contributed by atoms with Gasteiger partial charge in [0.25, 0.3) is 5.91 Å². The Hall–Kier alpha value is -1.75. The number of ether oxygens (including phenoxy) is 2. The minimum absolute atomic E-state index is 0.0134. The minimum Gasteiger partial charge on any atom is -0.493 e. The Morgan fingerprint density at radius 2 is 2.00 bits per heavy atom. The van der Waals surface area contributed by atoms with Gasteiger partial charge in [-0.05, 0) is 25.0 Å². The molecule has 0 aliphatic carbocycles. The predicted octanol–water partition coefficient (Wildman–Crippen LogP) is 1.45. The molecule has 106 valence electrons. The number of amides is 1. The normalized spacial score (nSPS) is 13.5. The van der Waals surface area contributed by atoms with Gasteiger partial charge in [-0.1, -0.05) is 13.0 Å². The zero-order chi connectivity index (χ0) is 14.4. The molecule has 1 rings (SSSR count). The average Bonchev–Trinajstić information content (AvgIpc) is 2.44. The summed E-state index contributed by atoms with van der Waals surface area (Å²) in [5.74, 6) is 0.661. The lowest BCUT2D eigenvalue weighted by molar-refractivity contribution is 0.0912. The lowest BCUT2D eigenvalue weighted by Crippen LogP contribution is -2.38. The van der Waals surface area contributed by atoms with Crippen molar-refractivity contribution in [1.29, 1.82) is 0 Å². The summed E-state index contributed by atoms with van der Waals surface area (Å²) >= 11 is 0. The molecule has 2 atom stereocenters. The van der Waals surface area contributed by atoms with E-state index in [9.17, 15) is 4.79 Å². The Morgan fingerprint density at radius 3 is 2.53 bits per heavy atom. The van der Waals surface area contributed by atoms with Crippen molar-refractivity contribution in [2.24, 2.45) is 5.92 Å². The van der Waals surface area contributed by atoms with Gasteiger partial charge < -0.3 is 19.9 Å². The Morgan fingerprint density at radius 1 is 1.32 bits per heavy atom. The fourth-order valence-electron chi connectivity index (χ4n) is 1.65. The molecule has 5 nitrogen and oxygen atoms in total. The topological polar surface area (TPSA) is 67.8 Å². The quantitative estimate of drug-likeness (QED) is 0.818. The van der Waals surface area contributed by atoms with Crippen LogP contribution in [0.1, 0.15) is 24.2 Å². The molecule has 0 aromatic heterocycles. The van der Waals surface area contributed by atoms with Gasteiger partial charge in [-0.2, -0.15) is 0 Å². The maximum atomic E-state index is 12.2. The fourth-order valence-corrected chi connectivity index (χ4v) is 1.65. The van der Waals surface area contributed by atoms with E-state index < -0.39 is 0 Å². The Kier molecular flexibility index (Phi) is 5.63. The molecule has 2 N–H and O–H groups in total. The van der Waals surface area contributed by atoms with Gasteiger partial charge >= 0.3 is 0 Å². The highest BCUT2D eigenvalue weighted by Gasteiger charge is 2.19. The molecule has 19 heavy (non-hydrogen) atoms. The molecule has 5 heteroatoms. The van der Waals surface area contributed by atoms with Crippen molar-refractivity contribution in [2.75, 3.05) is 20.8 Å². The molecule has 0 radical (unpaired) electrons. The van der Waals surface area contributed by atoms with E-state index in [1.165, 1.54) is 14.2 Å². The summed E-state index contributed by atoms with van der Waals surface area (Å²) in [6.45, 7) is 3.75. The summed E-state index contributed by atoms with van der Waals surface area (Å²) in [4.78, 5) is 12.2. The molecule has 1 amide bonds. The van der Waals surface area contributed by atoms with Crippen LogP contribution in [0.3, 0.4) is 0 Å². The van der Waals surface area contributed by atoms with Crippen LogP contribution in [0, 0.1) is 5.92 Å². The number of rotatable bonds is 6. The number of carbonyl (C=O) groups is 1. The maximum absolute atomic E-state index is 12.2. The minimum atomic E-state index is -0.247. The van der Waals surface area contributed by atoms with E-state index in [1.54, 1.807) is 18.2 Å². The molecule has 0 heterocycles. The third-order valence-corrected chi connectivity index (χ3v) is 3.15.